The van der Waals surface area contributed by atoms with E-state index >= 15 is 0 Å². The molecule has 0 spiro atoms. The third kappa shape index (κ3) is 5.66. The smallest absolute Gasteiger partial charge is 0.242 e. The molecule has 0 saturated heterocycles. The van der Waals surface area contributed by atoms with Crippen molar-refractivity contribution in [2.75, 3.05) is 29.9 Å². The maximum Gasteiger partial charge on any atom is 0.242 e. The van der Waals surface area contributed by atoms with E-state index in [9.17, 15) is 4.79 Å². The molecule has 1 aromatic rings. The molecule has 0 aromatic heterocycles. The second kappa shape index (κ2) is 9.27. The van der Waals surface area contributed by atoms with Crippen LogP contribution in [0.5, 0.6) is 0 Å². The van der Waals surface area contributed by atoms with Crippen molar-refractivity contribution in [1.82, 2.24) is 5.32 Å². The molecular formula is C17H29N3O. The summed E-state index contributed by atoms with van der Waals surface area (Å²) in [5.41, 5.74) is 2.19. The number of rotatable bonds is 9. The maximum absolute atomic E-state index is 11.9. The van der Waals surface area contributed by atoms with E-state index in [2.05, 4.69) is 48.4 Å². The van der Waals surface area contributed by atoms with Crippen molar-refractivity contribution in [1.29, 1.82) is 0 Å². The Morgan fingerprint density at radius 2 is 1.76 bits per heavy atom. The quantitative estimate of drug-likeness (QED) is 0.686. The summed E-state index contributed by atoms with van der Waals surface area (Å²) in [5, 5.41) is 6.18. The molecule has 0 aliphatic rings. The summed E-state index contributed by atoms with van der Waals surface area (Å²) in [6.07, 6.45) is 2.12. The van der Waals surface area contributed by atoms with Gasteiger partial charge in [0.25, 0.3) is 0 Å². The van der Waals surface area contributed by atoms with Gasteiger partial charge in [0.15, 0.2) is 0 Å². The van der Waals surface area contributed by atoms with E-state index in [0.29, 0.717) is 0 Å². The van der Waals surface area contributed by atoms with Crippen molar-refractivity contribution in [2.24, 2.45) is 0 Å². The minimum atomic E-state index is -0.221. The van der Waals surface area contributed by atoms with E-state index < -0.39 is 0 Å². The van der Waals surface area contributed by atoms with Crippen molar-refractivity contribution >= 4 is 17.3 Å². The summed E-state index contributed by atoms with van der Waals surface area (Å²) in [6.45, 7) is 11.1. The fraction of sp³-hybridized carbons (Fsp3) is 0.588. The van der Waals surface area contributed by atoms with Crippen LogP contribution in [0.4, 0.5) is 11.4 Å². The van der Waals surface area contributed by atoms with Crippen LogP contribution in [0.2, 0.25) is 0 Å². The summed E-state index contributed by atoms with van der Waals surface area (Å²) < 4.78 is 0. The molecule has 0 aliphatic heterocycles. The molecule has 0 fully saturated rings. The van der Waals surface area contributed by atoms with Crippen molar-refractivity contribution < 1.29 is 4.79 Å². The number of hydrogen-bond acceptors (Lipinski definition) is 3. The fourth-order valence-corrected chi connectivity index (χ4v) is 2.21. The predicted molar refractivity (Wildman–Crippen MR) is 91.0 cm³/mol. The van der Waals surface area contributed by atoms with Gasteiger partial charge in [0.2, 0.25) is 5.91 Å². The topological polar surface area (TPSA) is 44.4 Å². The van der Waals surface area contributed by atoms with Crippen LogP contribution >= 0.6 is 0 Å². The molecule has 0 bridgehead atoms. The Balaban J connectivity index is 2.52. The number of carbonyl (C=O) groups is 1. The van der Waals surface area contributed by atoms with Gasteiger partial charge in [-0.3, -0.25) is 4.79 Å². The maximum atomic E-state index is 11.9. The van der Waals surface area contributed by atoms with Gasteiger partial charge in [0.1, 0.15) is 6.04 Å². The third-order valence-corrected chi connectivity index (χ3v) is 3.60. The Labute approximate surface area is 128 Å². The van der Waals surface area contributed by atoms with Crippen LogP contribution in [0.3, 0.4) is 0 Å². The predicted octanol–water partition coefficient (Wildman–Crippen LogP) is 3.25. The monoisotopic (exact) mass is 291 g/mol. The van der Waals surface area contributed by atoms with Gasteiger partial charge < -0.3 is 15.5 Å². The fourth-order valence-electron chi connectivity index (χ4n) is 2.21. The summed E-state index contributed by atoms with van der Waals surface area (Å²) in [7, 11) is 0. The standard InChI is InChI=1S/C17H29N3O/c1-5-8-13-18-17(21)14(4)19-15-9-11-16(12-10-15)20(6-2)7-3/h9-12,14,19H,5-8,13H2,1-4H3,(H,18,21). The average Bonchev–Trinajstić information content (AvgIpc) is 2.50. The van der Waals surface area contributed by atoms with Crippen LogP contribution < -0.4 is 15.5 Å². The van der Waals surface area contributed by atoms with E-state index in [1.807, 2.05) is 19.1 Å². The highest BCUT2D eigenvalue weighted by atomic mass is 16.2. The van der Waals surface area contributed by atoms with Crippen molar-refractivity contribution in [3.8, 4) is 0 Å². The van der Waals surface area contributed by atoms with Gasteiger partial charge in [0.05, 0.1) is 0 Å². The lowest BCUT2D eigenvalue weighted by molar-refractivity contribution is -0.121. The van der Waals surface area contributed by atoms with Gasteiger partial charge in [-0.2, -0.15) is 0 Å². The van der Waals surface area contributed by atoms with Gasteiger partial charge in [-0.15, -0.1) is 0 Å². The zero-order chi connectivity index (χ0) is 15.7. The lowest BCUT2D eigenvalue weighted by Gasteiger charge is -2.21. The number of nitrogens with zero attached hydrogens (tertiary/aromatic N) is 1. The highest BCUT2D eigenvalue weighted by molar-refractivity contribution is 5.84. The Hall–Kier alpha value is -1.71. The molecule has 1 rings (SSSR count). The molecule has 1 atom stereocenters. The molecular weight excluding hydrogens is 262 g/mol. The minimum absolute atomic E-state index is 0.0521. The number of benzene rings is 1. The molecule has 0 heterocycles. The first kappa shape index (κ1) is 17.3. The number of amides is 1. The summed E-state index contributed by atoms with van der Waals surface area (Å²) in [5.74, 6) is 0.0521. The lowest BCUT2D eigenvalue weighted by Crippen LogP contribution is -2.37. The van der Waals surface area contributed by atoms with Crippen LogP contribution in [0.25, 0.3) is 0 Å². The van der Waals surface area contributed by atoms with E-state index in [4.69, 9.17) is 0 Å². The van der Waals surface area contributed by atoms with Crippen LogP contribution in [-0.4, -0.2) is 31.6 Å². The summed E-state index contributed by atoms with van der Waals surface area (Å²) in [6, 6.07) is 8.03. The Morgan fingerprint density at radius 1 is 1.14 bits per heavy atom. The molecule has 0 radical (unpaired) electrons. The molecule has 1 aromatic carbocycles. The summed E-state index contributed by atoms with van der Waals surface area (Å²) >= 11 is 0. The second-order valence-corrected chi connectivity index (χ2v) is 5.23. The molecule has 4 heteroatoms. The number of hydrogen-bond donors (Lipinski definition) is 2. The molecule has 4 nitrogen and oxygen atoms in total. The summed E-state index contributed by atoms with van der Waals surface area (Å²) in [4.78, 5) is 14.2. The second-order valence-electron chi connectivity index (χ2n) is 5.23. The Kier molecular flexibility index (Phi) is 7.65. The minimum Gasteiger partial charge on any atom is -0.374 e. The first-order chi connectivity index (χ1) is 10.1. The van der Waals surface area contributed by atoms with Crippen LogP contribution in [0.15, 0.2) is 24.3 Å². The van der Waals surface area contributed by atoms with Crippen molar-refractivity contribution in [3.63, 3.8) is 0 Å². The number of unbranched alkanes of at least 4 members (excludes halogenated alkanes) is 1. The Bertz CT molecular complexity index is 413. The van der Waals surface area contributed by atoms with Gasteiger partial charge >= 0.3 is 0 Å². The van der Waals surface area contributed by atoms with Gasteiger partial charge in [0, 0.05) is 31.0 Å². The van der Waals surface area contributed by atoms with Crippen LogP contribution in [-0.2, 0) is 4.79 Å². The van der Waals surface area contributed by atoms with E-state index in [-0.39, 0.29) is 11.9 Å². The molecule has 0 saturated carbocycles. The van der Waals surface area contributed by atoms with Crippen LogP contribution in [0.1, 0.15) is 40.5 Å². The molecule has 1 amide bonds. The third-order valence-electron chi connectivity index (χ3n) is 3.60. The number of nitrogens with one attached hydrogen (secondary N) is 2. The first-order valence-corrected chi connectivity index (χ1v) is 8.01. The highest BCUT2D eigenvalue weighted by Crippen LogP contribution is 2.18. The largest absolute Gasteiger partial charge is 0.374 e. The molecule has 0 aliphatic carbocycles. The average molecular weight is 291 g/mol. The number of anilines is 2. The van der Waals surface area contributed by atoms with Crippen molar-refractivity contribution in [2.45, 2.75) is 46.6 Å². The molecule has 21 heavy (non-hydrogen) atoms. The van der Waals surface area contributed by atoms with E-state index in [1.165, 1.54) is 5.69 Å². The molecule has 2 N–H and O–H groups in total. The van der Waals surface area contributed by atoms with Gasteiger partial charge in [-0.05, 0) is 51.5 Å². The zero-order valence-electron chi connectivity index (χ0n) is 13.8. The first-order valence-electron chi connectivity index (χ1n) is 8.01. The van der Waals surface area contributed by atoms with Gasteiger partial charge in [-0.25, -0.2) is 0 Å². The van der Waals surface area contributed by atoms with Crippen LogP contribution in [0, 0.1) is 0 Å². The SMILES string of the molecule is CCCCNC(=O)C(C)Nc1ccc(N(CC)CC)cc1. The van der Waals surface area contributed by atoms with Crippen molar-refractivity contribution in [3.05, 3.63) is 24.3 Å². The van der Waals surface area contributed by atoms with E-state index in [0.717, 1.165) is 38.2 Å². The number of carbonyl (C=O) groups excluding carboxylic acids is 1. The van der Waals surface area contributed by atoms with Gasteiger partial charge in [-0.1, -0.05) is 13.3 Å². The zero-order valence-corrected chi connectivity index (χ0v) is 13.8. The normalized spacial score (nSPS) is 11.8. The Morgan fingerprint density at radius 3 is 2.29 bits per heavy atom. The lowest BCUT2D eigenvalue weighted by atomic mass is 10.2. The van der Waals surface area contributed by atoms with E-state index in [1.54, 1.807) is 0 Å². The highest BCUT2D eigenvalue weighted by Gasteiger charge is 2.11. The molecule has 118 valence electrons. The molecule has 1 unspecified atom stereocenters.